The normalized spacial score (nSPS) is 18.6. The molecule has 18 heavy (non-hydrogen) atoms. The first-order valence-electron chi connectivity index (χ1n) is 6.57. The number of alkyl halides is 1. The fourth-order valence-electron chi connectivity index (χ4n) is 2.65. The zero-order chi connectivity index (χ0) is 13.0. The van der Waals surface area contributed by atoms with E-state index in [2.05, 4.69) is 41.1 Å². The van der Waals surface area contributed by atoms with Crippen LogP contribution in [0.2, 0.25) is 0 Å². The van der Waals surface area contributed by atoms with E-state index in [1.54, 1.807) is 7.11 Å². The van der Waals surface area contributed by atoms with E-state index in [1.807, 2.05) is 0 Å². The summed E-state index contributed by atoms with van der Waals surface area (Å²) in [6.45, 7) is 3.89. The van der Waals surface area contributed by atoms with Gasteiger partial charge in [0, 0.05) is 24.0 Å². The summed E-state index contributed by atoms with van der Waals surface area (Å²) < 4.78 is 10.9. The molecule has 1 aliphatic rings. The molecule has 0 radical (unpaired) electrons. The van der Waals surface area contributed by atoms with E-state index in [1.165, 1.54) is 11.1 Å². The van der Waals surface area contributed by atoms with Crippen molar-refractivity contribution in [2.24, 2.45) is 0 Å². The number of hydrogen-bond donors (Lipinski definition) is 0. The van der Waals surface area contributed by atoms with Gasteiger partial charge in [0.05, 0.1) is 7.11 Å². The molecule has 1 saturated heterocycles. The van der Waals surface area contributed by atoms with Gasteiger partial charge in [-0.25, -0.2) is 0 Å². The number of benzene rings is 1. The monoisotopic (exact) mass is 312 g/mol. The molecule has 0 spiro atoms. The maximum absolute atomic E-state index is 5.50. The average Bonchev–Trinajstić information content (AvgIpc) is 2.47. The van der Waals surface area contributed by atoms with E-state index >= 15 is 0 Å². The fraction of sp³-hybridized carbons (Fsp3) is 0.600. The molecule has 1 fully saturated rings. The Hall–Kier alpha value is -0.540. The van der Waals surface area contributed by atoms with Gasteiger partial charge >= 0.3 is 0 Å². The van der Waals surface area contributed by atoms with Crippen LogP contribution in [0.25, 0.3) is 0 Å². The van der Waals surface area contributed by atoms with Crippen LogP contribution in [-0.2, 0) is 16.6 Å². The quantitative estimate of drug-likeness (QED) is 0.789. The molecule has 0 unspecified atom stereocenters. The third kappa shape index (κ3) is 2.57. The number of aryl methyl sites for hydroxylation is 1. The molecule has 1 aromatic carbocycles. The van der Waals surface area contributed by atoms with Crippen molar-refractivity contribution < 1.29 is 9.47 Å². The van der Waals surface area contributed by atoms with E-state index in [9.17, 15) is 0 Å². The molecule has 1 aliphatic heterocycles. The van der Waals surface area contributed by atoms with Gasteiger partial charge in [-0.3, -0.25) is 0 Å². The van der Waals surface area contributed by atoms with Crippen molar-refractivity contribution in [3.8, 4) is 5.75 Å². The Balaban J connectivity index is 2.36. The topological polar surface area (TPSA) is 18.5 Å². The van der Waals surface area contributed by atoms with Gasteiger partial charge in [0.15, 0.2) is 0 Å². The van der Waals surface area contributed by atoms with Crippen molar-refractivity contribution in [3.63, 3.8) is 0 Å². The number of ether oxygens (including phenoxy) is 2. The zero-order valence-corrected chi connectivity index (χ0v) is 12.8. The SMILES string of the molecule is CCc1cc(C2(CBr)CCOCC2)ccc1OC. The molecular formula is C15H21BrO2. The Kier molecular flexibility index (Phi) is 4.68. The summed E-state index contributed by atoms with van der Waals surface area (Å²) in [7, 11) is 1.74. The smallest absolute Gasteiger partial charge is 0.122 e. The van der Waals surface area contributed by atoms with Crippen molar-refractivity contribution in [2.75, 3.05) is 25.7 Å². The van der Waals surface area contributed by atoms with Crippen molar-refractivity contribution in [1.29, 1.82) is 0 Å². The number of halogens is 1. The van der Waals surface area contributed by atoms with Crippen LogP contribution in [0.5, 0.6) is 5.75 Å². The molecule has 0 amide bonds. The molecule has 0 bridgehead atoms. The summed E-state index contributed by atoms with van der Waals surface area (Å²) in [6.07, 6.45) is 3.19. The van der Waals surface area contributed by atoms with Gasteiger partial charge in [0.2, 0.25) is 0 Å². The van der Waals surface area contributed by atoms with Gasteiger partial charge in [-0.05, 0) is 36.5 Å². The molecule has 0 aliphatic carbocycles. The molecule has 0 atom stereocenters. The summed E-state index contributed by atoms with van der Waals surface area (Å²) >= 11 is 3.70. The Morgan fingerprint density at radius 1 is 1.33 bits per heavy atom. The molecule has 0 aromatic heterocycles. The summed E-state index contributed by atoms with van der Waals surface area (Å²) in [4.78, 5) is 0. The average molecular weight is 313 g/mol. The van der Waals surface area contributed by atoms with E-state index in [0.29, 0.717) is 0 Å². The third-order valence-electron chi connectivity index (χ3n) is 3.98. The van der Waals surface area contributed by atoms with Gasteiger partial charge in [-0.2, -0.15) is 0 Å². The molecule has 2 nitrogen and oxygen atoms in total. The summed E-state index contributed by atoms with van der Waals surface area (Å²) in [5.41, 5.74) is 2.94. The molecule has 100 valence electrons. The van der Waals surface area contributed by atoms with Crippen LogP contribution >= 0.6 is 15.9 Å². The van der Waals surface area contributed by atoms with Crippen molar-refractivity contribution in [3.05, 3.63) is 29.3 Å². The molecule has 3 heteroatoms. The first kappa shape index (κ1) is 13.9. The number of hydrogen-bond acceptors (Lipinski definition) is 2. The molecule has 0 saturated carbocycles. The maximum atomic E-state index is 5.50. The van der Waals surface area contributed by atoms with Gasteiger partial charge in [0.1, 0.15) is 5.75 Å². The van der Waals surface area contributed by atoms with Crippen molar-refractivity contribution in [2.45, 2.75) is 31.6 Å². The van der Waals surface area contributed by atoms with Crippen LogP contribution < -0.4 is 4.74 Å². The van der Waals surface area contributed by atoms with E-state index in [4.69, 9.17) is 9.47 Å². The summed E-state index contributed by atoms with van der Waals surface area (Å²) in [5, 5.41) is 0.999. The first-order chi connectivity index (χ1) is 8.75. The van der Waals surface area contributed by atoms with Crippen molar-refractivity contribution in [1.82, 2.24) is 0 Å². The van der Waals surface area contributed by atoms with E-state index in [0.717, 1.165) is 43.6 Å². The van der Waals surface area contributed by atoms with E-state index < -0.39 is 0 Å². The van der Waals surface area contributed by atoms with Gasteiger partial charge in [-0.15, -0.1) is 0 Å². The highest BCUT2D eigenvalue weighted by Gasteiger charge is 2.33. The highest BCUT2D eigenvalue weighted by Crippen LogP contribution is 2.38. The molecule has 2 rings (SSSR count). The van der Waals surface area contributed by atoms with Gasteiger partial charge < -0.3 is 9.47 Å². The second-order valence-corrected chi connectivity index (χ2v) is 5.47. The third-order valence-corrected chi connectivity index (χ3v) is 5.05. The zero-order valence-electron chi connectivity index (χ0n) is 11.2. The molecule has 1 heterocycles. The van der Waals surface area contributed by atoms with Crippen LogP contribution in [0.3, 0.4) is 0 Å². The number of rotatable bonds is 4. The predicted octanol–water partition coefficient (Wildman–Crippen LogP) is 3.70. The lowest BCUT2D eigenvalue weighted by atomic mass is 9.75. The molecular weight excluding hydrogens is 292 g/mol. The Bertz CT molecular complexity index is 397. The van der Waals surface area contributed by atoms with E-state index in [-0.39, 0.29) is 5.41 Å². The van der Waals surface area contributed by atoms with Crippen LogP contribution in [-0.4, -0.2) is 25.7 Å². The highest BCUT2D eigenvalue weighted by atomic mass is 79.9. The lowest BCUT2D eigenvalue weighted by molar-refractivity contribution is 0.0583. The Morgan fingerprint density at radius 2 is 2.06 bits per heavy atom. The standard InChI is InChI=1S/C15H21BrO2/c1-3-12-10-13(4-5-14(12)17-2)15(11-16)6-8-18-9-7-15/h4-5,10H,3,6-9,11H2,1-2H3. The lowest BCUT2D eigenvalue weighted by Crippen LogP contribution is -2.35. The summed E-state index contributed by atoms with van der Waals surface area (Å²) in [6, 6.07) is 6.63. The first-order valence-corrected chi connectivity index (χ1v) is 7.69. The van der Waals surface area contributed by atoms with Crippen LogP contribution in [0.15, 0.2) is 18.2 Å². The largest absolute Gasteiger partial charge is 0.496 e. The Labute approximate surface area is 118 Å². The van der Waals surface area contributed by atoms with Crippen LogP contribution in [0, 0.1) is 0 Å². The van der Waals surface area contributed by atoms with Crippen molar-refractivity contribution >= 4 is 15.9 Å². The minimum absolute atomic E-state index is 0.231. The lowest BCUT2D eigenvalue weighted by Gasteiger charge is -2.36. The van der Waals surface area contributed by atoms with Gasteiger partial charge in [0.25, 0.3) is 0 Å². The van der Waals surface area contributed by atoms with Crippen LogP contribution in [0.4, 0.5) is 0 Å². The predicted molar refractivity (Wildman–Crippen MR) is 77.9 cm³/mol. The highest BCUT2D eigenvalue weighted by molar-refractivity contribution is 9.09. The van der Waals surface area contributed by atoms with Gasteiger partial charge in [-0.1, -0.05) is 35.0 Å². The van der Waals surface area contributed by atoms with Crippen LogP contribution in [0.1, 0.15) is 30.9 Å². The minimum Gasteiger partial charge on any atom is -0.496 e. The second kappa shape index (κ2) is 6.07. The summed E-state index contributed by atoms with van der Waals surface area (Å²) in [5.74, 6) is 0.998. The Morgan fingerprint density at radius 3 is 2.61 bits per heavy atom. The maximum Gasteiger partial charge on any atom is 0.122 e. The second-order valence-electron chi connectivity index (χ2n) is 4.91. The minimum atomic E-state index is 0.231. The fourth-order valence-corrected chi connectivity index (χ4v) is 3.53. The number of methoxy groups -OCH3 is 1. The molecule has 1 aromatic rings. The molecule has 0 N–H and O–H groups in total.